The van der Waals surface area contributed by atoms with Gasteiger partial charge in [0, 0.05) is 6.08 Å². The van der Waals surface area contributed by atoms with Crippen LogP contribution in [0.5, 0.6) is 23.0 Å². The first-order valence-corrected chi connectivity index (χ1v) is 13.9. The van der Waals surface area contributed by atoms with E-state index in [1.54, 1.807) is 0 Å². The number of carbonyl (C=O) groups excluding carboxylic acids is 1. The lowest BCUT2D eigenvalue weighted by molar-refractivity contribution is -0.364. The van der Waals surface area contributed by atoms with Crippen LogP contribution in [0, 0.1) is 0 Å². The smallest absolute Gasteiger partial charge is 0.331 e. The predicted octanol–water partition coefficient (Wildman–Crippen LogP) is -2.04. The Bertz CT molecular complexity index is 1320. The number of esters is 1. The van der Waals surface area contributed by atoms with Crippen LogP contribution in [-0.4, -0.2) is 138 Å². The Labute approximate surface area is 256 Å². The lowest BCUT2D eigenvalue weighted by atomic mass is 9.97. The number of hydrogen-bond acceptors (Lipinski definition) is 16. The fraction of sp³-hybridized carbons (Fsp3) is 0.483. The normalized spacial score (nSPS) is 32.0. The summed E-state index contributed by atoms with van der Waals surface area (Å²) >= 11 is 0. The number of phenolic OH excluding ortho intramolecular Hbond substituents is 4. The van der Waals surface area contributed by atoms with Crippen molar-refractivity contribution in [1.82, 2.24) is 0 Å². The molecule has 10 unspecified atom stereocenters. The molecule has 2 heterocycles. The van der Waals surface area contributed by atoms with E-state index in [0.717, 1.165) is 6.08 Å². The average Bonchev–Trinajstić information content (AvgIpc) is 3.01. The number of carbonyl (C=O) groups is 1. The van der Waals surface area contributed by atoms with Gasteiger partial charge in [-0.2, -0.15) is 0 Å². The molecule has 45 heavy (non-hydrogen) atoms. The van der Waals surface area contributed by atoms with Gasteiger partial charge in [-0.05, 0) is 47.9 Å². The number of hydrogen-bond donors (Lipinski definition) is 10. The Balaban J connectivity index is 1.43. The van der Waals surface area contributed by atoms with Gasteiger partial charge in [0.05, 0.1) is 19.8 Å². The molecular formula is C29H36O16. The van der Waals surface area contributed by atoms with Gasteiger partial charge in [0.25, 0.3) is 0 Å². The molecule has 0 spiro atoms. The number of benzene rings is 2. The monoisotopic (exact) mass is 640 g/mol. The molecule has 248 valence electrons. The molecular weight excluding hydrogens is 604 g/mol. The molecule has 2 aliphatic heterocycles. The van der Waals surface area contributed by atoms with Crippen LogP contribution in [0.25, 0.3) is 6.08 Å². The van der Waals surface area contributed by atoms with Gasteiger partial charge in [-0.25, -0.2) is 4.79 Å². The Morgan fingerprint density at radius 2 is 1.42 bits per heavy atom. The molecule has 10 N–H and O–H groups in total. The minimum atomic E-state index is -1.92. The van der Waals surface area contributed by atoms with Crippen molar-refractivity contribution in [3.63, 3.8) is 0 Å². The van der Waals surface area contributed by atoms with Crippen LogP contribution in [0.2, 0.25) is 0 Å². The summed E-state index contributed by atoms with van der Waals surface area (Å²) < 4.78 is 27.3. The molecule has 2 saturated heterocycles. The number of aliphatic hydroxyl groups is 6. The lowest BCUT2D eigenvalue weighted by Crippen LogP contribution is -2.65. The second-order valence-electron chi connectivity index (χ2n) is 10.4. The number of aliphatic hydroxyl groups excluding tert-OH is 6. The highest BCUT2D eigenvalue weighted by molar-refractivity contribution is 5.87. The Hall–Kier alpha value is -3.55. The van der Waals surface area contributed by atoms with Crippen molar-refractivity contribution < 1.29 is 79.5 Å². The highest BCUT2D eigenvalue weighted by atomic mass is 16.7. The molecule has 16 heteroatoms. The number of ether oxygens (including phenoxy) is 5. The molecule has 0 amide bonds. The van der Waals surface area contributed by atoms with Gasteiger partial charge in [0.2, 0.25) is 0 Å². The highest BCUT2D eigenvalue weighted by Gasteiger charge is 2.52. The van der Waals surface area contributed by atoms with Crippen LogP contribution in [0.3, 0.4) is 0 Å². The highest BCUT2D eigenvalue weighted by Crippen LogP contribution is 2.31. The Morgan fingerprint density at radius 3 is 2.07 bits per heavy atom. The van der Waals surface area contributed by atoms with Crippen molar-refractivity contribution in [2.24, 2.45) is 0 Å². The van der Waals surface area contributed by atoms with E-state index in [2.05, 4.69) is 0 Å². The summed E-state index contributed by atoms with van der Waals surface area (Å²) in [5.41, 5.74) is 0.883. The maximum Gasteiger partial charge on any atom is 0.331 e. The molecule has 2 aromatic rings. The first kappa shape index (κ1) is 34.3. The predicted molar refractivity (Wildman–Crippen MR) is 149 cm³/mol. The molecule has 0 bridgehead atoms. The summed E-state index contributed by atoms with van der Waals surface area (Å²) in [5.74, 6) is -2.47. The van der Waals surface area contributed by atoms with Crippen molar-refractivity contribution in [2.75, 3.05) is 19.8 Å². The van der Waals surface area contributed by atoms with Crippen LogP contribution in [0.4, 0.5) is 0 Å². The van der Waals surface area contributed by atoms with E-state index in [-0.39, 0.29) is 30.3 Å². The second-order valence-corrected chi connectivity index (χ2v) is 10.4. The molecule has 4 rings (SSSR count). The quantitative estimate of drug-likeness (QED) is 0.0720. The molecule has 16 nitrogen and oxygen atoms in total. The Kier molecular flexibility index (Phi) is 11.6. The third kappa shape index (κ3) is 8.19. The minimum absolute atomic E-state index is 0.0981. The third-order valence-corrected chi connectivity index (χ3v) is 7.33. The van der Waals surface area contributed by atoms with E-state index in [9.17, 15) is 55.9 Å². The number of rotatable bonds is 11. The second kappa shape index (κ2) is 15.2. The van der Waals surface area contributed by atoms with Crippen molar-refractivity contribution in [3.05, 3.63) is 53.6 Å². The zero-order valence-electron chi connectivity index (χ0n) is 23.6. The molecule has 2 fully saturated rings. The van der Waals surface area contributed by atoms with Crippen LogP contribution in [0.15, 0.2) is 42.5 Å². The molecule has 0 aliphatic carbocycles. The van der Waals surface area contributed by atoms with Gasteiger partial charge in [-0.3, -0.25) is 0 Å². The summed E-state index contributed by atoms with van der Waals surface area (Å²) in [6, 6.07) is 7.89. The first-order chi connectivity index (χ1) is 21.4. The van der Waals surface area contributed by atoms with Crippen LogP contribution < -0.4 is 0 Å². The van der Waals surface area contributed by atoms with Gasteiger partial charge >= 0.3 is 5.97 Å². The van der Waals surface area contributed by atoms with E-state index in [1.165, 1.54) is 42.5 Å². The van der Waals surface area contributed by atoms with Crippen molar-refractivity contribution in [1.29, 1.82) is 0 Å². The number of phenols is 4. The largest absolute Gasteiger partial charge is 0.504 e. The van der Waals surface area contributed by atoms with Crippen molar-refractivity contribution in [2.45, 2.75) is 67.8 Å². The topological polar surface area (TPSA) is 266 Å². The fourth-order valence-corrected chi connectivity index (χ4v) is 4.89. The van der Waals surface area contributed by atoms with Gasteiger partial charge < -0.3 is 74.7 Å². The van der Waals surface area contributed by atoms with E-state index >= 15 is 0 Å². The zero-order valence-corrected chi connectivity index (χ0v) is 23.6. The van der Waals surface area contributed by atoms with E-state index in [1.807, 2.05) is 0 Å². The summed E-state index contributed by atoms with van der Waals surface area (Å²) in [5, 5.41) is 101. The fourth-order valence-electron chi connectivity index (χ4n) is 4.89. The summed E-state index contributed by atoms with van der Waals surface area (Å²) in [4.78, 5) is 12.5. The third-order valence-electron chi connectivity index (χ3n) is 7.33. The van der Waals surface area contributed by atoms with E-state index in [0.29, 0.717) is 11.1 Å². The molecule has 2 aromatic carbocycles. The molecule has 10 atom stereocenters. The van der Waals surface area contributed by atoms with Crippen LogP contribution >= 0.6 is 0 Å². The molecule has 0 saturated carbocycles. The van der Waals surface area contributed by atoms with E-state index in [4.69, 9.17) is 23.7 Å². The lowest BCUT2D eigenvalue weighted by Gasteiger charge is -2.46. The maximum absolute atomic E-state index is 12.5. The van der Waals surface area contributed by atoms with Gasteiger partial charge in [0.1, 0.15) is 42.7 Å². The molecule has 0 radical (unpaired) electrons. The first-order valence-electron chi connectivity index (χ1n) is 13.9. The van der Waals surface area contributed by atoms with Crippen molar-refractivity contribution in [3.8, 4) is 23.0 Å². The number of aromatic hydroxyl groups is 4. The maximum atomic E-state index is 12.5. The average molecular weight is 641 g/mol. The van der Waals surface area contributed by atoms with Crippen LogP contribution in [0.1, 0.15) is 11.1 Å². The standard InChI is InChI=1S/C29H36O16/c30-11-19-22(37)26(41-8-7-14-2-5-16(33)18(35)10-14)24(39)29(43-19)45-27-23(38)25(20(12-31)42-28(27)40)44-21(36)6-3-13-1-4-15(32)17(34)9-13/h1-6,9-10,19-20,22-35,37-40H,7-8,11-12H2. The van der Waals surface area contributed by atoms with Crippen molar-refractivity contribution >= 4 is 12.0 Å². The molecule has 0 aromatic heterocycles. The van der Waals surface area contributed by atoms with Gasteiger partial charge in [-0.15, -0.1) is 0 Å². The summed E-state index contributed by atoms with van der Waals surface area (Å²) in [6.45, 7) is -1.62. The van der Waals surface area contributed by atoms with Gasteiger partial charge in [0.15, 0.2) is 41.7 Å². The van der Waals surface area contributed by atoms with Crippen LogP contribution in [-0.2, 0) is 34.9 Å². The van der Waals surface area contributed by atoms with E-state index < -0.39 is 86.3 Å². The van der Waals surface area contributed by atoms with Gasteiger partial charge in [-0.1, -0.05) is 12.1 Å². The zero-order chi connectivity index (χ0) is 32.8. The SMILES string of the molecule is O=C(C=Cc1ccc(O)c(O)c1)OC1C(CO)OC(O)C(OC2OC(CO)C(O)C(OCCc3ccc(O)c(O)c3)C2O)C1O. The molecule has 2 aliphatic rings. The minimum Gasteiger partial charge on any atom is -0.504 e. The summed E-state index contributed by atoms with van der Waals surface area (Å²) in [6.07, 6.45) is -13.8. The Morgan fingerprint density at radius 1 is 0.756 bits per heavy atom. The summed E-state index contributed by atoms with van der Waals surface area (Å²) in [7, 11) is 0.